The number of halogens is 1. The van der Waals surface area contributed by atoms with E-state index in [1.54, 1.807) is 19.1 Å². The lowest BCUT2D eigenvalue weighted by Crippen LogP contribution is -1.94. The predicted octanol–water partition coefficient (Wildman–Crippen LogP) is 2.94. The number of oxazole rings is 1. The summed E-state index contributed by atoms with van der Waals surface area (Å²) in [5, 5.41) is 0. The molecule has 1 aromatic heterocycles. The Labute approximate surface area is 112 Å². The summed E-state index contributed by atoms with van der Waals surface area (Å²) in [6.45, 7) is 1.64. The van der Waals surface area contributed by atoms with Gasteiger partial charge in [0.15, 0.2) is 11.3 Å². The second-order valence-electron chi connectivity index (χ2n) is 4.41. The molecule has 6 heteroatoms. The number of fused-ring (bicyclic) bond motifs is 1. The molecule has 0 unspecified atom stereocenters. The Morgan fingerprint density at radius 3 is 2.85 bits per heavy atom. The van der Waals surface area contributed by atoms with E-state index in [1.807, 2.05) is 0 Å². The van der Waals surface area contributed by atoms with Crippen molar-refractivity contribution < 1.29 is 13.5 Å². The van der Waals surface area contributed by atoms with E-state index in [0.29, 0.717) is 33.8 Å². The normalized spacial score (nSPS) is 10.9. The molecule has 0 spiro atoms. The van der Waals surface area contributed by atoms with Gasteiger partial charge in [0.2, 0.25) is 0 Å². The molecule has 102 valence electrons. The molecule has 0 bridgehead atoms. The molecule has 0 fully saturated rings. The van der Waals surface area contributed by atoms with Crippen molar-refractivity contribution in [1.82, 2.24) is 4.98 Å². The summed E-state index contributed by atoms with van der Waals surface area (Å²) in [4.78, 5) is 13.6. The van der Waals surface area contributed by atoms with Gasteiger partial charge in [0.05, 0.1) is 11.2 Å². The number of aromatic nitrogens is 1. The number of anilines is 1. The smallest absolute Gasteiger partial charge is 0.417 e. The van der Waals surface area contributed by atoms with Gasteiger partial charge in [0.25, 0.3) is 0 Å². The third-order valence-electron chi connectivity index (χ3n) is 2.91. The lowest BCUT2D eigenvalue weighted by molar-refractivity contribution is 0.482. The van der Waals surface area contributed by atoms with E-state index in [9.17, 15) is 9.18 Å². The Morgan fingerprint density at radius 1 is 1.30 bits per heavy atom. The highest BCUT2D eigenvalue weighted by Crippen LogP contribution is 2.31. The zero-order chi connectivity index (χ0) is 14.3. The lowest BCUT2D eigenvalue weighted by Gasteiger charge is -2.09. The van der Waals surface area contributed by atoms with E-state index in [-0.39, 0.29) is 5.82 Å². The SMILES string of the molecule is Cc1cc(Oc2cc3[nH]c(=O)oc3cc2N)ccc1F. The molecule has 3 rings (SSSR count). The average Bonchev–Trinajstić information content (AvgIpc) is 2.73. The van der Waals surface area contributed by atoms with Crippen molar-refractivity contribution in [3.05, 3.63) is 52.3 Å². The van der Waals surface area contributed by atoms with Crippen molar-refractivity contribution in [2.45, 2.75) is 6.92 Å². The van der Waals surface area contributed by atoms with Crippen molar-refractivity contribution in [2.24, 2.45) is 0 Å². The first-order valence-corrected chi connectivity index (χ1v) is 5.89. The van der Waals surface area contributed by atoms with Crippen LogP contribution in [-0.4, -0.2) is 4.98 Å². The van der Waals surface area contributed by atoms with Gasteiger partial charge in [-0.25, -0.2) is 9.18 Å². The van der Waals surface area contributed by atoms with Crippen LogP contribution in [0.2, 0.25) is 0 Å². The number of nitrogen functional groups attached to an aromatic ring is 1. The third kappa shape index (κ3) is 2.11. The monoisotopic (exact) mass is 274 g/mol. The molecule has 3 aromatic rings. The topological polar surface area (TPSA) is 81.2 Å². The molecule has 2 aromatic carbocycles. The molecule has 0 saturated carbocycles. The quantitative estimate of drug-likeness (QED) is 0.704. The van der Waals surface area contributed by atoms with Crippen LogP contribution in [0.3, 0.4) is 0 Å². The maximum Gasteiger partial charge on any atom is 0.417 e. The van der Waals surface area contributed by atoms with Gasteiger partial charge in [-0.15, -0.1) is 0 Å². The highest BCUT2D eigenvalue weighted by Gasteiger charge is 2.09. The summed E-state index contributed by atoms with van der Waals surface area (Å²) in [6.07, 6.45) is 0. The van der Waals surface area contributed by atoms with Crippen molar-refractivity contribution in [3.63, 3.8) is 0 Å². The molecule has 0 atom stereocenters. The summed E-state index contributed by atoms with van der Waals surface area (Å²) >= 11 is 0. The second-order valence-corrected chi connectivity index (χ2v) is 4.41. The number of nitrogens with one attached hydrogen (secondary N) is 1. The Kier molecular flexibility index (Phi) is 2.71. The summed E-state index contributed by atoms with van der Waals surface area (Å²) in [7, 11) is 0. The molecule has 3 N–H and O–H groups in total. The molecule has 0 aliphatic heterocycles. The minimum atomic E-state index is -0.561. The Bertz CT molecular complexity index is 851. The van der Waals surface area contributed by atoms with Gasteiger partial charge in [-0.3, -0.25) is 4.98 Å². The second kappa shape index (κ2) is 4.41. The minimum Gasteiger partial charge on any atom is -0.455 e. The first-order chi connectivity index (χ1) is 9.52. The fourth-order valence-corrected chi connectivity index (χ4v) is 1.89. The van der Waals surface area contributed by atoms with Crippen molar-refractivity contribution in [3.8, 4) is 11.5 Å². The highest BCUT2D eigenvalue weighted by atomic mass is 19.1. The van der Waals surface area contributed by atoms with Gasteiger partial charge in [-0.1, -0.05) is 0 Å². The van der Waals surface area contributed by atoms with Crippen LogP contribution in [0, 0.1) is 12.7 Å². The molecular weight excluding hydrogens is 263 g/mol. The van der Waals surface area contributed by atoms with E-state index in [0.717, 1.165) is 0 Å². The Morgan fingerprint density at radius 2 is 2.10 bits per heavy atom. The lowest BCUT2D eigenvalue weighted by atomic mass is 10.2. The van der Waals surface area contributed by atoms with Gasteiger partial charge in [-0.05, 0) is 30.7 Å². The first-order valence-electron chi connectivity index (χ1n) is 5.89. The van der Waals surface area contributed by atoms with E-state index >= 15 is 0 Å². The van der Waals surface area contributed by atoms with Gasteiger partial charge in [0.1, 0.15) is 11.6 Å². The number of nitrogens with two attached hydrogens (primary N) is 1. The van der Waals surface area contributed by atoms with Crippen LogP contribution in [0.15, 0.2) is 39.5 Å². The number of ether oxygens (including phenoxy) is 1. The molecular formula is C14H11FN2O3. The number of rotatable bonds is 2. The van der Waals surface area contributed by atoms with Crippen LogP contribution < -0.4 is 16.2 Å². The van der Waals surface area contributed by atoms with Crippen LogP contribution in [0.1, 0.15) is 5.56 Å². The third-order valence-corrected chi connectivity index (χ3v) is 2.91. The summed E-state index contributed by atoms with van der Waals surface area (Å²) in [5.74, 6) is -0.0459. The van der Waals surface area contributed by atoms with Crippen molar-refractivity contribution in [2.75, 3.05) is 5.73 Å². The zero-order valence-corrected chi connectivity index (χ0v) is 10.6. The number of hydrogen-bond donors (Lipinski definition) is 2. The van der Waals surface area contributed by atoms with Crippen LogP contribution in [-0.2, 0) is 0 Å². The molecule has 5 nitrogen and oxygen atoms in total. The van der Waals surface area contributed by atoms with Gasteiger partial charge in [0, 0.05) is 12.1 Å². The Hall–Kier alpha value is -2.76. The molecule has 0 aliphatic carbocycles. The average molecular weight is 274 g/mol. The van der Waals surface area contributed by atoms with Crippen LogP contribution in [0.5, 0.6) is 11.5 Å². The number of aryl methyl sites for hydroxylation is 1. The van der Waals surface area contributed by atoms with Gasteiger partial charge in [-0.2, -0.15) is 0 Å². The molecule has 1 heterocycles. The molecule has 0 aliphatic rings. The fourth-order valence-electron chi connectivity index (χ4n) is 1.89. The molecule has 0 amide bonds. The van der Waals surface area contributed by atoms with Gasteiger partial charge < -0.3 is 14.9 Å². The van der Waals surface area contributed by atoms with Crippen molar-refractivity contribution in [1.29, 1.82) is 0 Å². The van der Waals surface area contributed by atoms with Crippen LogP contribution >= 0.6 is 0 Å². The predicted molar refractivity (Wildman–Crippen MR) is 72.5 cm³/mol. The minimum absolute atomic E-state index is 0.306. The number of H-pyrrole nitrogens is 1. The molecule has 0 radical (unpaired) electrons. The van der Waals surface area contributed by atoms with Crippen LogP contribution in [0.25, 0.3) is 11.1 Å². The van der Waals surface area contributed by atoms with E-state index in [2.05, 4.69) is 4.98 Å². The largest absolute Gasteiger partial charge is 0.455 e. The summed E-state index contributed by atoms with van der Waals surface area (Å²) in [5.41, 5.74) is 7.47. The number of benzene rings is 2. The first kappa shape index (κ1) is 12.3. The van der Waals surface area contributed by atoms with E-state index < -0.39 is 5.76 Å². The number of aromatic amines is 1. The summed E-state index contributed by atoms with van der Waals surface area (Å²) in [6, 6.07) is 7.45. The fraction of sp³-hybridized carbons (Fsp3) is 0.0714. The van der Waals surface area contributed by atoms with Crippen LogP contribution in [0.4, 0.5) is 10.1 Å². The van der Waals surface area contributed by atoms with E-state index in [4.69, 9.17) is 14.9 Å². The maximum absolute atomic E-state index is 13.2. The highest BCUT2D eigenvalue weighted by molar-refractivity contribution is 5.80. The zero-order valence-electron chi connectivity index (χ0n) is 10.6. The van der Waals surface area contributed by atoms with E-state index in [1.165, 1.54) is 18.2 Å². The number of hydrogen-bond acceptors (Lipinski definition) is 4. The van der Waals surface area contributed by atoms with Gasteiger partial charge >= 0.3 is 5.76 Å². The molecule has 0 saturated heterocycles. The Balaban J connectivity index is 2.02. The summed E-state index contributed by atoms with van der Waals surface area (Å²) < 4.78 is 23.7. The maximum atomic E-state index is 13.2. The molecule has 20 heavy (non-hydrogen) atoms. The standard InChI is InChI=1S/C14H11FN2O3/c1-7-4-8(2-3-9(7)15)19-12-6-11-13(5-10(12)16)20-14(18)17-11/h2-6H,16H2,1H3,(H,17,18). The van der Waals surface area contributed by atoms with Crippen molar-refractivity contribution >= 4 is 16.8 Å².